The zero-order chi connectivity index (χ0) is 85.9. The SMILES string of the molecule is CCC(C)(C)C(=O)OCC(C)OCC(C)OCC(C)OCC(C)OCC(C)OCC(C)OCC(C)OCC(C)OCC(C)O.CCC(C)(C)C(=O)OCCCCCC(=O)O.CCC(C)(C)C(=O)OCCOC(=O)c1ccccc1C(=O)O.CCCCC(CC)COC(=O)CCCCCOC(=O)NCCOC(=O)C(C)(C)CC. The van der Waals surface area contributed by atoms with Gasteiger partial charge in [-0.25, -0.2) is 14.4 Å². The lowest BCUT2D eigenvalue weighted by Gasteiger charge is -2.23. The number of unbranched alkanes of at least 4 members (excludes halogenated alkanes) is 5. The maximum Gasteiger partial charge on any atom is 0.407 e. The number of ether oxygens (including phenoxy) is 15. The van der Waals surface area contributed by atoms with E-state index in [4.69, 9.17) is 81.3 Å². The molecule has 1 aromatic carbocycles. The average molecular weight is 1610 g/mol. The monoisotopic (exact) mass is 1610 g/mol. The molecule has 112 heavy (non-hydrogen) atoms. The number of rotatable bonds is 60. The number of benzene rings is 1. The number of amides is 1. The van der Waals surface area contributed by atoms with Crippen LogP contribution in [0.5, 0.6) is 0 Å². The van der Waals surface area contributed by atoms with E-state index in [0.29, 0.717) is 111 Å². The van der Waals surface area contributed by atoms with Gasteiger partial charge in [0.1, 0.15) is 26.4 Å². The fourth-order valence-corrected chi connectivity index (χ4v) is 8.49. The molecule has 10 atom stereocenters. The molecule has 0 saturated carbocycles. The van der Waals surface area contributed by atoms with E-state index in [1.54, 1.807) is 26.8 Å². The molecule has 28 nitrogen and oxygen atoms in total. The Hall–Kier alpha value is -6.11. The van der Waals surface area contributed by atoms with Crippen molar-refractivity contribution in [2.24, 2.45) is 27.6 Å². The Morgan fingerprint density at radius 1 is 0.375 bits per heavy atom. The molecule has 0 aromatic heterocycles. The van der Waals surface area contributed by atoms with Gasteiger partial charge in [-0.1, -0.05) is 72.9 Å². The Labute approximate surface area is 671 Å². The minimum atomic E-state index is -1.20. The first-order chi connectivity index (χ1) is 52.5. The smallest absolute Gasteiger partial charge is 0.407 e. The number of aromatic carboxylic acids is 1. The van der Waals surface area contributed by atoms with E-state index < -0.39 is 51.8 Å². The zero-order valence-corrected chi connectivity index (χ0v) is 72.8. The number of aliphatic hydroxyl groups is 1. The quantitative estimate of drug-likeness (QED) is 0.0267. The average Bonchev–Trinajstić information content (AvgIpc) is 0.826. The van der Waals surface area contributed by atoms with Crippen molar-refractivity contribution in [3.8, 4) is 0 Å². The second kappa shape index (κ2) is 64.1. The number of carboxylic acid groups (broad SMARTS) is 2. The van der Waals surface area contributed by atoms with Crippen LogP contribution in [0, 0.1) is 27.6 Å². The number of alkyl carbamates (subject to hydrolysis) is 1. The van der Waals surface area contributed by atoms with E-state index in [1.165, 1.54) is 24.6 Å². The molecule has 1 amide bonds. The molecule has 4 N–H and O–H groups in total. The van der Waals surface area contributed by atoms with Crippen LogP contribution in [0.3, 0.4) is 0 Å². The van der Waals surface area contributed by atoms with Gasteiger partial charge < -0.3 is 91.7 Å². The molecule has 0 aliphatic heterocycles. The van der Waals surface area contributed by atoms with Crippen molar-refractivity contribution in [3.05, 3.63) is 35.4 Å². The van der Waals surface area contributed by atoms with Gasteiger partial charge in [0.2, 0.25) is 0 Å². The molecule has 0 spiro atoms. The lowest BCUT2D eigenvalue weighted by atomic mass is 9.91. The summed E-state index contributed by atoms with van der Waals surface area (Å²) in [6, 6.07) is 5.77. The lowest BCUT2D eigenvalue weighted by Crippen LogP contribution is -2.32. The van der Waals surface area contributed by atoms with Gasteiger partial charge in [-0.05, 0) is 206 Å². The number of carbonyl (C=O) groups is 9. The largest absolute Gasteiger partial charge is 0.481 e. The number of carboxylic acids is 2. The van der Waals surface area contributed by atoms with Crippen molar-refractivity contribution < 1.29 is 130 Å². The third kappa shape index (κ3) is 58.7. The van der Waals surface area contributed by atoms with Crippen LogP contribution >= 0.6 is 0 Å². The molecular weight excluding hydrogens is 1450 g/mol. The molecule has 0 aliphatic carbocycles. The highest BCUT2D eigenvalue weighted by molar-refractivity contribution is 6.02. The molecule has 28 heteroatoms. The number of aliphatic hydroxyl groups excluding tert-OH is 1. The Kier molecular flexibility index (Phi) is 63.0. The standard InChI is InChI=1S/C33H66O11.C23H43NO6.C16H20O6.C12H22O4/c1-13-33(11,12)32(35)44-22-31(10)43-21-30(9)42-20-29(8)41-19-28(7)40-18-27(6)39-17-26(5)38-16-25(4)37-15-24(3)36-14-23(2)34;1-6-9-13-19(7-2)18-30-20(25)14-11-10-12-16-29-22(27)24-15-17-28-21(26)23(4,5)8-3;1-4-16(2,3)15(20)22-10-9-21-14(19)12-8-6-5-7-11(12)13(17)18;1-4-12(2,3)11(15)16-9-7-5-6-8-10(13)14/h23-31,34H,13-22H2,1-12H3;19H,6-18H2,1-5H3,(H,24,27);5-8H,4,9-10H2,1-3H3,(H,17,18);4-9H2,1-3H3,(H,13,14). The summed E-state index contributed by atoms with van der Waals surface area (Å²) in [5.74, 6) is -3.44. The summed E-state index contributed by atoms with van der Waals surface area (Å²) in [5.41, 5.74) is -2.16. The highest BCUT2D eigenvalue weighted by atomic mass is 16.6. The highest BCUT2D eigenvalue weighted by Gasteiger charge is 2.31. The summed E-state index contributed by atoms with van der Waals surface area (Å²) in [5, 5.41) is 29.3. The summed E-state index contributed by atoms with van der Waals surface area (Å²) in [6.45, 7) is 48.9. The van der Waals surface area contributed by atoms with E-state index >= 15 is 0 Å². The van der Waals surface area contributed by atoms with Crippen molar-refractivity contribution in [1.29, 1.82) is 0 Å². The first-order valence-corrected chi connectivity index (χ1v) is 40.6. The molecule has 1 rings (SSSR count). The van der Waals surface area contributed by atoms with E-state index in [2.05, 4.69) is 19.2 Å². The normalized spacial score (nSPS) is 14.3. The Balaban J connectivity index is -0.00000151. The van der Waals surface area contributed by atoms with Gasteiger partial charge in [0.15, 0.2) is 0 Å². The topological polar surface area (TPSA) is 365 Å². The second-order valence-corrected chi connectivity index (χ2v) is 31.1. The van der Waals surface area contributed by atoms with Crippen LogP contribution in [0.2, 0.25) is 0 Å². The number of esters is 6. The van der Waals surface area contributed by atoms with Crippen molar-refractivity contribution in [2.45, 2.75) is 317 Å². The van der Waals surface area contributed by atoms with Crippen molar-refractivity contribution >= 4 is 53.8 Å². The summed E-state index contributed by atoms with van der Waals surface area (Å²) in [7, 11) is 0. The summed E-state index contributed by atoms with van der Waals surface area (Å²) < 4.78 is 82.4. The van der Waals surface area contributed by atoms with E-state index in [9.17, 15) is 48.3 Å². The van der Waals surface area contributed by atoms with Gasteiger partial charge in [-0.15, -0.1) is 0 Å². The number of hydrogen-bond acceptors (Lipinski definition) is 25. The van der Waals surface area contributed by atoms with Crippen LogP contribution in [0.1, 0.15) is 283 Å². The number of carbonyl (C=O) groups excluding carboxylic acids is 7. The van der Waals surface area contributed by atoms with Crippen LogP contribution in [0.4, 0.5) is 4.79 Å². The number of nitrogens with one attached hydrogen (secondary N) is 1. The molecule has 0 bridgehead atoms. The van der Waals surface area contributed by atoms with Crippen molar-refractivity contribution in [2.75, 3.05) is 106 Å². The molecule has 0 radical (unpaired) electrons. The van der Waals surface area contributed by atoms with Crippen molar-refractivity contribution in [3.63, 3.8) is 0 Å². The lowest BCUT2D eigenvalue weighted by molar-refractivity contribution is -0.159. The first-order valence-electron chi connectivity index (χ1n) is 40.6. The molecule has 0 heterocycles. The van der Waals surface area contributed by atoms with E-state index in [0.717, 1.165) is 57.8 Å². The molecule has 0 aliphatic rings. The minimum Gasteiger partial charge on any atom is -0.481 e. The van der Waals surface area contributed by atoms with Crippen LogP contribution < -0.4 is 5.32 Å². The Morgan fingerprint density at radius 3 is 1.10 bits per heavy atom. The predicted octanol–water partition coefficient (Wildman–Crippen LogP) is 14.7. The molecule has 0 fully saturated rings. The van der Waals surface area contributed by atoms with E-state index in [-0.39, 0.29) is 129 Å². The molecule has 10 unspecified atom stereocenters. The summed E-state index contributed by atoms with van der Waals surface area (Å²) in [4.78, 5) is 104. The third-order valence-corrected chi connectivity index (χ3v) is 18.2. The molecule has 0 saturated heterocycles. The summed E-state index contributed by atoms with van der Waals surface area (Å²) >= 11 is 0. The van der Waals surface area contributed by atoms with Gasteiger partial charge >= 0.3 is 53.8 Å². The maximum absolute atomic E-state index is 12.1. The molecule has 1 aromatic rings. The number of hydrogen-bond donors (Lipinski definition) is 4. The third-order valence-electron chi connectivity index (χ3n) is 18.2. The van der Waals surface area contributed by atoms with Crippen LogP contribution in [0.15, 0.2) is 24.3 Å². The van der Waals surface area contributed by atoms with E-state index in [1.807, 2.05) is 125 Å². The second-order valence-electron chi connectivity index (χ2n) is 31.1. The molecule has 654 valence electrons. The van der Waals surface area contributed by atoms with Gasteiger partial charge in [0.25, 0.3) is 0 Å². The van der Waals surface area contributed by atoms with Crippen molar-refractivity contribution in [1.82, 2.24) is 5.32 Å². The highest BCUT2D eigenvalue weighted by Crippen LogP contribution is 2.25. The Bertz CT molecular complexity index is 2680. The Morgan fingerprint density at radius 2 is 0.723 bits per heavy atom. The molecular formula is C84H151NO27. The zero-order valence-electron chi connectivity index (χ0n) is 72.8. The first kappa shape index (κ1) is 110. The van der Waals surface area contributed by atoms with Gasteiger partial charge in [-0.3, -0.25) is 28.8 Å². The predicted molar refractivity (Wildman–Crippen MR) is 427 cm³/mol. The van der Waals surface area contributed by atoms with Gasteiger partial charge in [-0.2, -0.15) is 0 Å². The fraction of sp³-hybridized carbons (Fsp3) is 0.821. The maximum atomic E-state index is 12.1. The van der Waals surface area contributed by atoms with Gasteiger partial charge in [0.05, 0.1) is 167 Å². The van der Waals surface area contributed by atoms with Crippen LogP contribution in [-0.2, 0) is 99.8 Å². The number of aliphatic carboxylic acids is 1. The van der Waals surface area contributed by atoms with Gasteiger partial charge in [0, 0.05) is 12.8 Å². The summed E-state index contributed by atoms with van der Waals surface area (Å²) in [6.07, 6.45) is 10.4. The van der Waals surface area contributed by atoms with Crippen LogP contribution in [0.25, 0.3) is 0 Å². The fourth-order valence-electron chi connectivity index (χ4n) is 8.49. The van der Waals surface area contributed by atoms with Crippen LogP contribution in [-0.4, -0.2) is 230 Å². The minimum absolute atomic E-state index is 0.0322.